The van der Waals surface area contributed by atoms with Crippen molar-refractivity contribution in [1.29, 1.82) is 0 Å². The molecule has 2 aromatic rings. The summed E-state index contributed by atoms with van der Waals surface area (Å²) in [6.07, 6.45) is 1.00. The van der Waals surface area contributed by atoms with E-state index in [4.69, 9.17) is 0 Å². The molecule has 0 spiro atoms. The molecule has 0 aliphatic heterocycles. The Balaban J connectivity index is 2.24. The first-order valence-corrected chi connectivity index (χ1v) is 8.57. The molecule has 0 atom stereocenters. The van der Waals surface area contributed by atoms with Gasteiger partial charge in [-0.15, -0.1) is 11.3 Å². The number of rotatable bonds is 5. The predicted octanol–water partition coefficient (Wildman–Crippen LogP) is 3.52. The Kier molecular flexibility index (Phi) is 5.22. The molecule has 1 aromatic heterocycles. The molecule has 0 fully saturated rings. The van der Waals surface area contributed by atoms with Crippen LogP contribution >= 0.6 is 11.3 Å². The van der Waals surface area contributed by atoms with Crippen LogP contribution in [0.5, 0.6) is 0 Å². The van der Waals surface area contributed by atoms with E-state index in [1.165, 1.54) is 16.9 Å². The number of hydrogen-bond acceptors (Lipinski definition) is 4. The fourth-order valence-corrected chi connectivity index (χ4v) is 3.49. The smallest absolute Gasteiger partial charge is 0.265 e. The third-order valence-electron chi connectivity index (χ3n) is 3.57. The Morgan fingerprint density at radius 2 is 1.91 bits per heavy atom. The number of thiazole rings is 1. The summed E-state index contributed by atoms with van der Waals surface area (Å²) in [5.41, 5.74) is 2.13. The van der Waals surface area contributed by atoms with Gasteiger partial charge in [0.15, 0.2) is 0 Å². The van der Waals surface area contributed by atoms with Gasteiger partial charge in [-0.25, -0.2) is 4.98 Å². The van der Waals surface area contributed by atoms with E-state index in [-0.39, 0.29) is 12.5 Å². The van der Waals surface area contributed by atoms with Gasteiger partial charge in [0.05, 0.1) is 11.3 Å². The van der Waals surface area contributed by atoms with Crippen LogP contribution < -0.4 is 0 Å². The van der Waals surface area contributed by atoms with Crippen molar-refractivity contribution < 1.29 is 9.90 Å². The number of carbonyl (C=O) groups is 1. The number of hydrogen-bond donors (Lipinski definition) is 1. The second-order valence-electron chi connectivity index (χ2n) is 6.46. The normalized spacial score (nSPS) is 11.6. The lowest BCUT2D eigenvalue weighted by molar-refractivity contribution is 0.0370. The van der Waals surface area contributed by atoms with E-state index in [0.717, 1.165) is 22.7 Å². The molecule has 4 nitrogen and oxygen atoms in total. The molecule has 0 saturated carbocycles. The third-order valence-corrected chi connectivity index (χ3v) is 4.77. The zero-order valence-corrected chi connectivity index (χ0v) is 15.2. The Morgan fingerprint density at radius 1 is 1.30 bits per heavy atom. The summed E-state index contributed by atoms with van der Waals surface area (Å²) in [7, 11) is 1.70. The maximum Gasteiger partial charge on any atom is 0.265 e. The third kappa shape index (κ3) is 4.39. The largest absolute Gasteiger partial charge is 0.389 e. The van der Waals surface area contributed by atoms with Gasteiger partial charge in [0.1, 0.15) is 9.88 Å². The maximum absolute atomic E-state index is 12.6. The Hall–Kier alpha value is -1.72. The summed E-state index contributed by atoms with van der Waals surface area (Å²) in [6.45, 7) is 7.64. The fraction of sp³-hybridized carbons (Fsp3) is 0.444. The number of benzene rings is 1. The van der Waals surface area contributed by atoms with Crippen LogP contribution in [0.4, 0.5) is 0 Å². The van der Waals surface area contributed by atoms with Gasteiger partial charge in [-0.3, -0.25) is 4.79 Å². The van der Waals surface area contributed by atoms with Crippen LogP contribution in [0, 0.1) is 6.92 Å². The number of aromatic nitrogens is 1. The molecule has 1 amide bonds. The van der Waals surface area contributed by atoms with E-state index >= 15 is 0 Å². The SMILES string of the molecule is CCc1ccc(-c2nc(C)c(C(=O)N(C)CC(C)(C)O)s2)cc1. The first kappa shape index (κ1) is 17.6. The molecule has 0 radical (unpaired) electrons. The average Bonchev–Trinajstić information content (AvgIpc) is 2.86. The van der Waals surface area contributed by atoms with Gasteiger partial charge in [0.2, 0.25) is 0 Å². The molecule has 0 aliphatic rings. The molecule has 23 heavy (non-hydrogen) atoms. The van der Waals surface area contributed by atoms with Gasteiger partial charge < -0.3 is 10.0 Å². The fourth-order valence-electron chi connectivity index (χ4n) is 2.43. The van der Waals surface area contributed by atoms with Crippen LogP contribution in [0.1, 0.15) is 41.7 Å². The minimum absolute atomic E-state index is 0.0986. The minimum Gasteiger partial charge on any atom is -0.389 e. The van der Waals surface area contributed by atoms with Crippen molar-refractivity contribution in [3.05, 3.63) is 40.4 Å². The quantitative estimate of drug-likeness (QED) is 0.911. The molecule has 1 aromatic carbocycles. The first-order chi connectivity index (χ1) is 10.7. The highest BCUT2D eigenvalue weighted by Crippen LogP contribution is 2.29. The van der Waals surface area contributed by atoms with Crippen LogP contribution in [-0.2, 0) is 6.42 Å². The average molecular weight is 332 g/mol. The van der Waals surface area contributed by atoms with Crippen LogP contribution in [0.3, 0.4) is 0 Å². The molecule has 0 saturated heterocycles. The molecule has 1 heterocycles. The monoisotopic (exact) mass is 332 g/mol. The van der Waals surface area contributed by atoms with Gasteiger partial charge in [0.25, 0.3) is 5.91 Å². The van der Waals surface area contributed by atoms with E-state index in [2.05, 4.69) is 24.0 Å². The second-order valence-corrected chi connectivity index (χ2v) is 7.46. The lowest BCUT2D eigenvalue weighted by atomic mass is 10.1. The lowest BCUT2D eigenvalue weighted by Crippen LogP contribution is -2.39. The second kappa shape index (κ2) is 6.81. The number of aryl methyl sites for hydroxylation is 2. The zero-order chi connectivity index (χ0) is 17.2. The summed E-state index contributed by atoms with van der Waals surface area (Å²) in [5.74, 6) is -0.0986. The molecule has 2 rings (SSSR count). The van der Waals surface area contributed by atoms with Gasteiger partial charge in [-0.05, 0) is 32.8 Å². The summed E-state index contributed by atoms with van der Waals surface area (Å²) in [4.78, 5) is 19.3. The predicted molar refractivity (Wildman–Crippen MR) is 94.9 cm³/mol. The molecular formula is C18H24N2O2S. The number of nitrogens with zero attached hydrogens (tertiary/aromatic N) is 2. The van der Waals surface area contributed by atoms with Crippen LogP contribution in [0.2, 0.25) is 0 Å². The molecule has 5 heteroatoms. The van der Waals surface area contributed by atoms with Crippen molar-refractivity contribution in [3.8, 4) is 10.6 Å². The standard InChI is InChI=1S/C18H24N2O2S/c1-6-13-7-9-14(10-8-13)16-19-12(2)15(23-16)17(21)20(5)11-18(3,4)22/h7-10,22H,6,11H2,1-5H3. The molecule has 124 valence electrons. The van der Waals surface area contributed by atoms with Gasteiger partial charge in [0, 0.05) is 19.2 Å². The highest BCUT2D eigenvalue weighted by atomic mass is 32.1. The van der Waals surface area contributed by atoms with Gasteiger partial charge in [-0.2, -0.15) is 0 Å². The van der Waals surface area contributed by atoms with Crippen molar-refractivity contribution in [2.24, 2.45) is 0 Å². The summed E-state index contributed by atoms with van der Waals surface area (Å²) >= 11 is 1.40. The lowest BCUT2D eigenvalue weighted by Gasteiger charge is -2.25. The van der Waals surface area contributed by atoms with Crippen LogP contribution in [0.25, 0.3) is 10.6 Å². The molecule has 0 unspecified atom stereocenters. The highest BCUT2D eigenvalue weighted by Gasteiger charge is 2.24. The maximum atomic E-state index is 12.6. The summed E-state index contributed by atoms with van der Waals surface area (Å²) in [5, 5.41) is 10.7. The van der Waals surface area contributed by atoms with E-state index in [1.54, 1.807) is 25.8 Å². The Morgan fingerprint density at radius 3 is 2.43 bits per heavy atom. The Bertz CT molecular complexity index is 684. The van der Waals surface area contributed by atoms with Gasteiger partial charge in [-0.1, -0.05) is 31.2 Å². The minimum atomic E-state index is -0.915. The van der Waals surface area contributed by atoms with Crippen LogP contribution in [-0.4, -0.2) is 40.1 Å². The number of aliphatic hydroxyl groups is 1. The van der Waals surface area contributed by atoms with Crippen molar-refractivity contribution in [2.75, 3.05) is 13.6 Å². The van der Waals surface area contributed by atoms with Crippen LogP contribution in [0.15, 0.2) is 24.3 Å². The summed E-state index contributed by atoms with van der Waals surface area (Å²) < 4.78 is 0. The van der Waals surface area contributed by atoms with E-state index in [9.17, 15) is 9.90 Å². The van der Waals surface area contributed by atoms with Crippen molar-refractivity contribution in [3.63, 3.8) is 0 Å². The Labute approximate surface area is 141 Å². The highest BCUT2D eigenvalue weighted by molar-refractivity contribution is 7.17. The first-order valence-electron chi connectivity index (χ1n) is 7.76. The molecule has 1 N–H and O–H groups in total. The number of likely N-dealkylation sites (N-methyl/N-ethyl adjacent to an activating group) is 1. The van der Waals surface area contributed by atoms with E-state index < -0.39 is 5.60 Å². The molecule has 0 bridgehead atoms. The molecular weight excluding hydrogens is 308 g/mol. The van der Waals surface area contributed by atoms with E-state index in [0.29, 0.717) is 4.88 Å². The van der Waals surface area contributed by atoms with Crippen molar-refractivity contribution in [1.82, 2.24) is 9.88 Å². The molecule has 0 aliphatic carbocycles. The summed E-state index contributed by atoms with van der Waals surface area (Å²) in [6, 6.07) is 8.28. The number of amides is 1. The van der Waals surface area contributed by atoms with Gasteiger partial charge >= 0.3 is 0 Å². The van der Waals surface area contributed by atoms with E-state index in [1.807, 2.05) is 19.1 Å². The zero-order valence-electron chi connectivity index (χ0n) is 14.4. The van der Waals surface area contributed by atoms with Crippen molar-refractivity contribution in [2.45, 2.75) is 39.7 Å². The topological polar surface area (TPSA) is 53.4 Å². The van der Waals surface area contributed by atoms with Crippen molar-refractivity contribution >= 4 is 17.2 Å². The number of carbonyl (C=O) groups excluding carboxylic acids is 1.